The lowest BCUT2D eigenvalue weighted by Crippen LogP contribution is -2.11. The van der Waals surface area contributed by atoms with E-state index in [9.17, 15) is 4.79 Å². The molecule has 0 aliphatic carbocycles. The summed E-state index contributed by atoms with van der Waals surface area (Å²) >= 11 is 0. The number of benzene rings is 3. The van der Waals surface area contributed by atoms with Crippen LogP contribution in [-0.2, 0) is 15.6 Å². The fraction of sp³-hybridized carbons (Fsp3) is 0.208. The van der Waals surface area contributed by atoms with Crippen LogP contribution >= 0.6 is 0 Å². The molecule has 1 saturated heterocycles. The molecule has 0 amide bonds. The summed E-state index contributed by atoms with van der Waals surface area (Å²) in [5.41, 5.74) is 3.76. The molecule has 1 heterocycles. The van der Waals surface area contributed by atoms with Crippen LogP contribution in [0.1, 0.15) is 23.2 Å². The van der Waals surface area contributed by atoms with E-state index in [4.69, 9.17) is 4.74 Å². The second-order valence-corrected chi connectivity index (χ2v) is 9.08. The lowest BCUT2D eigenvalue weighted by molar-refractivity contribution is 0.0601. The van der Waals surface area contributed by atoms with Gasteiger partial charge in [-0.3, -0.25) is 0 Å². The van der Waals surface area contributed by atoms with Crippen molar-refractivity contribution >= 4 is 33.9 Å². The van der Waals surface area contributed by atoms with Crippen LogP contribution in [0.25, 0.3) is 0 Å². The number of hydrogen-bond acceptors (Lipinski definition) is 3. The first-order valence-electron chi connectivity index (χ1n) is 9.57. The number of ether oxygens (including phenoxy) is 1. The summed E-state index contributed by atoms with van der Waals surface area (Å²) < 4.78 is 4.82. The highest BCUT2D eigenvalue weighted by Gasteiger charge is 2.26. The molecule has 3 aromatic carbocycles. The predicted octanol–water partition coefficient (Wildman–Crippen LogP) is 5.71. The van der Waals surface area contributed by atoms with E-state index in [1.165, 1.54) is 36.4 Å². The van der Waals surface area contributed by atoms with E-state index in [2.05, 4.69) is 41.3 Å². The maximum Gasteiger partial charge on any atom is 0.337 e. The number of anilines is 3. The van der Waals surface area contributed by atoms with Gasteiger partial charge in [0, 0.05) is 28.0 Å². The zero-order valence-electron chi connectivity index (χ0n) is 16.0. The number of methoxy groups -OCH3 is 1. The molecule has 0 atom stereocenters. The number of carbonyl (C=O) groups excluding carboxylic acids is 1. The number of nitrogens with zero attached hydrogens (tertiary/aromatic N) is 1. The van der Waals surface area contributed by atoms with E-state index in [1.54, 1.807) is 0 Å². The van der Waals surface area contributed by atoms with Gasteiger partial charge in [-0.1, -0.05) is 18.2 Å². The Kier molecular flexibility index (Phi) is 5.68. The first-order valence-corrected chi connectivity index (χ1v) is 11.1. The molecule has 0 saturated carbocycles. The Hall–Kier alpha value is -2.72. The Morgan fingerprint density at radius 2 is 1.32 bits per heavy atom. The van der Waals surface area contributed by atoms with Gasteiger partial charge in [0.15, 0.2) is 4.90 Å². The van der Waals surface area contributed by atoms with Crippen LogP contribution in [0.3, 0.4) is 0 Å². The zero-order chi connectivity index (χ0) is 19.3. The Balaban J connectivity index is 1.69. The summed E-state index contributed by atoms with van der Waals surface area (Å²) in [5, 5.41) is 0. The summed E-state index contributed by atoms with van der Waals surface area (Å²) in [6, 6.07) is 26.8. The molecule has 0 bridgehead atoms. The number of esters is 1. The van der Waals surface area contributed by atoms with Crippen LogP contribution in [-0.4, -0.2) is 24.6 Å². The van der Waals surface area contributed by atoms with Gasteiger partial charge < -0.3 is 9.64 Å². The van der Waals surface area contributed by atoms with Crippen molar-refractivity contribution in [2.75, 3.05) is 23.5 Å². The topological polar surface area (TPSA) is 29.5 Å². The van der Waals surface area contributed by atoms with Crippen LogP contribution in [0.5, 0.6) is 0 Å². The first kappa shape index (κ1) is 18.6. The highest BCUT2D eigenvalue weighted by molar-refractivity contribution is 7.97. The molecule has 28 heavy (non-hydrogen) atoms. The summed E-state index contributed by atoms with van der Waals surface area (Å²) in [5.74, 6) is 2.34. The molecule has 4 rings (SSSR count). The lowest BCUT2D eigenvalue weighted by atomic mass is 10.1. The minimum absolute atomic E-state index is 0.320. The standard InChI is InChI=1S/C24H24NO2S/c1-27-24(26)19-9-11-21(12-10-19)25(20-7-3-2-4-8-20)22-13-15-23(16-14-22)28-17-5-6-18-28/h2-4,7-16H,5-6,17-18H2,1H3/q+1. The molecule has 1 fully saturated rings. The molecule has 0 spiro atoms. The SMILES string of the molecule is COC(=O)c1ccc(N(c2ccccc2)c2ccc([S+]3CCCC3)cc2)cc1. The van der Waals surface area contributed by atoms with Crippen molar-refractivity contribution in [2.24, 2.45) is 0 Å². The molecule has 3 nitrogen and oxygen atoms in total. The smallest absolute Gasteiger partial charge is 0.337 e. The molecule has 1 aliphatic heterocycles. The van der Waals surface area contributed by atoms with E-state index in [0.29, 0.717) is 16.5 Å². The van der Waals surface area contributed by atoms with E-state index < -0.39 is 0 Å². The maximum atomic E-state index is 11.8. The highest BCUT2D eigenvalue weighted by Crippen LogP contribution is 2.35. The molecule has 0 radical (unpaired) electrons. The van der Waals surface area contributed by atoms with E-state index >= 15 is 0 Å². The molecule has 1 aliphatic rings. The van der Waals surface area contributed by atoms with Gasteiger partial charge in [-0.2, -0.15) is 0 Å². The van der Waals surface area contributed by atoms with Gasteiger partial charge in [-0.15, -0.1) is 0 Å². The van der Waals surface area contributed by atoms with Gasteiger partial charge in [0.1, 0.15) is 11.5 Å². The number of para-hydroxylation sites is 1. The van der Waals surface area contributed by atoms with Crippen molar-refractivity contribution in [1.82, 2.24) is 0 Å². The van der Waals surface area contributed by atoms with E-state index in [1.807, 2.05) is 42.5 Å². The maximum absolute atomic E-state index is 11.8. The zero-order valence-corrected chi connectivity index (χ0v) is 16.8. The van der Waals surface area contributed by atoms with Gasteiger partial charge >= 0.3 is 5.97 Å². The van der Waals surface area contributed by atoms with Gasteiger partial charge in [-0.05, 0) is 73.5 Å². The van der Waals surface area contributed by atoms with Crippen LogP contribution in [0.2, 0.25) is 0 Å². The van der Waals surface area contributed by atoms with Gasteiger partial charge in [0.05, 0.1) is 12.7 Å². The third-order valence-corrected chi connectivity index (χ3v) is 7.52. The third kappa shape index (κ3) is 3.92. The Morgan fingerprint density at radius 3 is 1.89 bits per heavy atom. The molecule has 0 aromatic heterocycles. The lowest BCUT2D eigenvalue weighted by Gasteiger charge is -2.25. The Bertz CT molecular complexity index is 917. The fourth-order valence-corrected chi connectivity index (χ4v) is 5.87. The number of carbonyl (C=O) groups is 1. The van der Waals surface area contributed by atoms with Crippen molar-refractivity contribution in [1.29, 1.82) is 0 Å². The normalized spacial score (nSPS) is 14.0. The largest absolute Gasteiger partial charge is 0.465 e. The molecule has 0 N–H and O–H groups in total. The van der Waals surface area contributed by atoms with Crippen LogP contribution in [0, 0.1) is 0 Å². The van der Waals surface area contributed by atoms with E-state index in [0.717, 1.165) is 17.1 Å². The monoisotopic (exact) mass is 390 g/mol. The summed E-state index contributed by atoms with van der Waals surface area (Å²) in [6.45, 7) is 0. The molecule has 3 aromatic rings. The summed E-state index contributed by atoms with van der Waals surface area (Å²) in [7, 11) is 1.82. The fourth-order valence-electron chi connectivity index (χ4n) is 3.57. The van der Waals surface area contributed by atoms with Crippen molar-refractivity contribution in [3.8, 4) is 0 Å². The van der Waals surface area contributed by atoms with Crippen molar-refractivity contribution in [3.63, 3.8) is 0 Å². The third-order valence-electron chi connectivity index (χ3n) is 5.02. The minimum Gasteiger partial charge on any atom is -0.465 e. The minimum atomic E-state index is -0.320. The van der Waals surface area contributed by atoms with Crippen molar-refractivity contribution in [3.05, 3.63) is 84.4 Å². The predicted molar refractivity (Wildman–Crippen MR) is 117 cm³/mol. The van der Waals surface area contributed by atoms with E-state index in [-0.39, 0.29) is 5.97 Å². The number of rotatable bonds is 5. The Morgan fingerprint density at radius 1 is 0.786 bits per heavy atom. The first-order chi connectivity index (χ1) is 13.8. The van der Waals surface area contributed by atoms with Crippen LogP contribution < -0.4 is 4.90 Å². The molecular weight excluding hydrogens is 366 g/mol. The van der Waals surface area contributed by atoms with Crippen molar-refractivity contribution in [2.45, 2.75) is 17.7 Å². The second-order valence-electron chi connectivity index (χ2n) is 6.81. The van der Waals surface area contributed by atoms with Crippen LogP contribution in [0.15, 0.2) is 83.8 Å². The molecule has 142 valence electrons. The quantitative estimate of drug-likeness (QED) is 0.412. The molecule has 4 heteroatoms. The Labute approximate surface area is 169 Å². The van der Waals surface area contributed by atoms with Gasteiger partial charge in [-0.25, -0.2) is 4.79 Å². The van der Waals surface area contributed by atoms with Gasteiger partial charge in [0.2, 0.25) is 0 Å². The van der Waals surface area contributed by atoms with Crippen molar-refractivity contribution < 1.29 is 9.53 Å². The highest BCUT2D eigenvalue weighted by atomic mass is 32.2. The van der Waals surface area contributed by atoms with Crippen LogP contribution in [0.4, 0.5) is 17.1 Å². The average Bonchev–Trinajstić information content (AvgIpc) is 3.30. The van der Waals surface area contributed by atoms with Gasteiger partial charge in [0.25, 0.3) is 0 Å². The average molecular weight is 391 g/mol. The molecular formula is C24H24NO2S+. The second kappa shape index (κ2) is 8.53. The molecule has 0 unspecified atom stereocenters. The summed E-state index contributed by atoms with van der Waals surface area (Å²) in [4.78, 5) is 15.4. The summed E-state index contributed by atoms with van der Waals surface area (Å²) in [6.07, 6.45) is 2.71. The number of hydrogen-bond donors (Lipinski definition) is 0.